The molecule has 1 N–H and O–H groups in total. The number of nitrogens with one attached hydrogen (secondary N) is 1. The van der Waals surface area contributed by atoms with E-state index in [0.717, 1.165) is 49.0 Å². The van der Waals surface area contributed by atoms with E-state index in [9.17, 15) is 4.79 Å². The molecule has 4 heterocycles. The summed E-state index contributed by atoms with van der Waals surface area (Å²) in [6.45, 7) is 11.1. The highest BCUT2D eigenvalue weighted by Crippen LogP contribution is 2.32. The third-order valence-electron chi connectivity index (χ3n) is 6.17. The molecule has 0 atom stereocenters. The van der Waals surface area contributed by atoms with E-state index < -0.39 is 0 Å². The van der Waals surface area contributed by atoms with Crippen molar-refractivity contribution in [3.05, 3.63) is 58.6 Å². The molecule has 0 spiro atoms. The Labute approximate surface area is 197 Å². The first-order valence-corrected chi connectivity index (χ1v) is 12.1. The molecule has 0 radical (unpaired) electrons. The number of benzene rings is 1. The van der Waals surface area contributed by atoms with Gasteiger partial charge in [0.2, 0.25) is 0 Å². The summed E-state index contributed by atoms with van der Waals surface area (Å²) in [5.41, 5.74) is 4.12. The molecule has 0 saturated carbocycles. The quantitative estimate of drug-likeness (QED) is 0.453. The van der Waals surface area contributed by atoms with Gasteiger partial charge in [0.1, 0.15) is 0 Å². The lowest BCUT2D eigenvalue weighted by Gasteiger charge is -2.36. The van der Waals surface area contributed by atoms with E-state index in [1.54, 1.807) is 11.3 Å². The number of fused-ring (bicyclic) bond motifs is 1. The van der Waals surface area contributed by atoms with Crippen molar-refractivity contribution in [1.82, 2.24) is 15.0 Å². The second-order valence-corrected chi connectivity index (χ2v) is 9.59. The highest BCUT2D eigenvalue weighted by Gasteiger charge is 2.22. The number of anilines is 2. The van der Waals surface area contributed by atoms with Crippen LogP contribution in [0.25, 0.3) is 21.7 Å². The number of para-hydroxylation sites is 2. The monoisotopic (exact) mass is 461 g/mol. The number of pyridine rings is 1. The molecule has 1 aliphatic rings. The fraction of sp³-hybridized carbons (Fsp3) is 0.320. The minimum atomic E-state index is -0.192. The Kier molecular flexibility index (Phi) is 5.86. The van der Waals surface area contributed by atoms with Gasteiger partial charge in [-0.3, -0.25) is 4.79 Å². The smallest absolute Gasteiger partial charge is 0.259 e. The largest absolute Gasteiger partial charge is 0.367 e. The van der Waals surface area contributed by atoms with Gasteiger partial charge in [-0.05, 0) is 50.7 Å². The number of carbonyl (C=O) groups is 1. The number of nitrogens with zero attached hydrogens (tertiary/aromatic N) is 4. The molecule has 1 aliphatic heterocycles. The number of hydrogen-bond acceptors (Lipinski definition) is 7. The van der Waals surface area contributed by atoms with E-state index in [2.05, 4.69) is 45.2 Å². The number of aryl methyl sites for hydroxylation is 2. The molecular formula is C25H27N5O2S. The highest BCUT2D eigenvalue weighted by atomic mass is 32.1. The van der Waals surface area contributed by atoms with Crippen LogP contribution in [0, 0.1) is 13.8 Å². The van der Waals surface area contributed by atoms with Crippen molar-refractivity contribution >= 4 is 39.7 Å². The Bertz CT molecular complexity index is 1300. The van der Waals surface area contributed by atoms with E-state index in [0.29, 0.717) is 28.1 Å². The zero-order valence-electron chi connectivity index (χ0n) is 19.1. The fourth-order valence-electron chi connectivity index (χ4n) is 4.32. The number of piperazine rings is 1. The Hall–Kier alpha value is -3.23. The second kappa shape index (κ2) is 8.96. The molecule has 0 unspecified atom stereocenters. The summed E-state index contributed by atoms with van der Waals surface area (Å²) in [5, 5.41) is 7.87. The van der Waals surface area contributed by atoms with Crippen molar-refractivity contribution in [3.8, 4) is 10.6 Å². The standard InChI is InChI=1S/C25H27N5O2S/c1-4-29-11-13-30(14-12-29)21-8-6-5-7-19(21)26-24(31)18-15-20(22-10-9-16(2)33-22)27-25-23(18)17(3)28-32-25/h5-10,15H,4,11-14H2,1-3H3,(H,26,31). The predicted molar refractivity (Wildman–Crippen MR) is 133 cm³/mol. The van der Waals surface area contributed by atoms with Crippen LogP contribution in [0.2, 0.25) is 0 Å². The third kappa shape index (κ3) is 4.24. The number of likely N-dealkylation sites (N-methyl/N-ethyl adjacent to an activating group) is 1. The van der Waals surface area contributed by atoms with Crippen LogP contribution in [0.4, 0.5) is 11.4 Å². The zero-order chi connectivity index (χ0) is 22.9. The first-order chi connectivity index (χ1) is 16.0. The number of aromatic nitrogens is 2. The number of amides is 1. The summed E-state index contributed by atoms with van der Waals surface area (Å²) >= 11 is 1.64. The maximum absolute atomic E-state index is 13.6. The number of rotatable bonds is 5. The summed E-state index contributed by atoms with van der Waals surface area (Å²) < 4.78 is 5.45. The van der Waals surface area contributed by atoms with Crippen LogP contribution in [0.1, 0.15) is 27.9 Å². The Morgan fingerprint density at radius 3 is 2.64 bits per heavy atom. The maximum Gasteiger partial charge on any atom is 0.259 e. The summed E-state index contributed by atoms with van der Waals surface area (Å²) in [5.74, 6) is -0.192. The van der Waals surface area contributed by atoms with E-state index >= 15 is 0 Å². The molecule has 7 nitrogen and oxygen atoms in total. The Morgan fingerprint density at radius 1 is 1.12 bits per heavy atom. The lowest BCUT2D eigenvalue weighted by atomic mass is 10.1. The Morgan fingerprint density at radius 2 is 1.91 bits per heavy atom. The van der Waals surface area contributed by atoms with Gasteiger partial charge >= 0.3 is 0 Å². The minimum absolute atomic E-state index is 0.192. The highest BCUT2D eigenvalue weighted by molar-refractivity contribution is 7.15. The molecule has 1 aromatic carbocycles. The Balaban J connectivity index is 1.49. The van der Waals surface area contributed by atoms with Gasteiger partial charge in [-0.25, -0.2) is 4.98 Å². The maximum atomic E-state index is 13.6. The lowest BCUT2D eigenvalue weighted by molar-refractivity contribution is 0.102. The molecule has 0 aliphatic carbocycles. The van der Waals surface area contributed by atoms with Crippen LogP contribution >= 0.6 is 11.3 Å². The summed E-state index contributed by atoms with van der Waals surface area (Å²) in [6.07, 6.45) is 0. The van der Waals surface area contributed by atoms with E-state index in [1.165, 1.54) is 4.88 Å². The van der Waals surface area contributed by atoms with Crippen molar-refractivity contribution in [2.24, 2.45) is 0 Å². The van der Waals surface area contributed by atoms with Gasteiger partial charge in [0.25, 0.3) is 11.6 Å². The predicted octanol–water partition coefficient (Wildman–Crippen LogP) is 4.96. The normalized spacial score (nSPS) is 14.7. The zero-order valence-corrected chi connectivity index (χ0v) is 19.9. The molecular weight excluding hydrogens is 434 g/mol. The molecule has 3 aromatic heterocycles. The topological polar surface area (TPSA) is 74.5 Å². The second-order valence-electron chi connectivity index (χ2n) is 8.31. The van der Waals surface area contributed by atoms with Gasteiger partial charge in [-0.15, -0.1) is 11.3 Å². The summed E-state index contributed by atoms with van der Waals surface area (Å²) in [7, 11) is 0. The molecule has 33 heavy (non-hydrogen) atoms. The molecule has 170 valence electrons. The van der Waals surface area contributed by atoms with Crippen LogP contribution < -0.4 is 10.2 Å². The van der Waals surface area contributed by atoms with Gasteiger partial charge in [-0.1, -0.05) is 24.2 Å². The summed E-state index contributed by atoms with van der Waals surface area (Å²) in [6, 6.07) is 13.9. The van der Waals surface area contributed by atoms with E-state index in [4.69, 9.17) is 4.52 Å². The molecule has 5 rings (SSSR count). The fourth-order valence-corrected chi connectivity index (χ4v) is 5.15. The molecule has 1 fully saturated rings. The van der Waals surface area contributed by atoms with Crippen LogP contribution in [0.3, 0.4) is 0 Å². The van der Waals surface area contributed by atoms with Gasteiger partial charge in [0, 0.05) is 31.1 Å². The van der Waals surface area contributed by atoms with Crippen molar-refractivity contribution in [2.75, 3.05) is 42.9 Å². The number of hydrogen-bond donors (Lipinski definition) is 1. The molecule has 0 bridgehead atoms. The number of carbonyl (C=O) groups excluding carboxylic acids is 1. The first-order valence-electron chi connectivity index (χ1n) is 11.2. The van der Waals surface area contributed by atoms with Gasteiger partial charge in [0.05, 0.1) is 38.6 Å². The summed E-state index contributed by atoms with van der Waals surface area (Å²) in [4.78, 5) is 25.1. The van der Waals surface area contributed by atoms with Crippen molar-refractivity contribution in [2.45, 2.75) is 20.8 Å². The van der Waals surface area contributed by atoms with Crippen LogP contribution in [-0.2, 0) is 0 Å². The van der Waals surface area contributed by atoms with Crippen LogP contribution in [0.15, 0.2) is 47.0 Å². The van der Waals surface area contributed by atoms with Crippen molar-refractivity contribution < 1.29 is 9.32 Å². The average Bonchev–Trinajstić information content (AvgIpc) is 3.44. The molecule has 8 heteroatoms. The van der Waals surface area contributed by atoms with E-state index in [-0.39, 0.29) is 5.91 Å². The molecule has 4 aromatic rings. The van der Waals surface area contributed by atoms with Gasteiger partial charge < -0.3 is 19.6 Å². The first kappa shape index (κ1) is 21.6. The third-order valence-corrected chi connectivity index (χ3v) is 7.19. The van der Waals surface area contributed by atoms with Crippen LogP contribution in [0.5, 0.6) is 0 Å². The van der Waals surface area contributed by atoms with Gasteiger partial charge in [0.15, 0.2) is 0 Å². The van der Waals surface area contributed by atoms with Crippen LogP contribution in [-0.4, -0.2) is 53.7 Å². The van der Waals surface area contributed by atoms with Gasteiger partial charge in [-0.2, -0.15) is 0 Å². The van der Waals surface area contributed by atoms with Crippen molar-refractivity contribution in [3.63, 3.8) is 0 Å². The van der Waals surface area contributed by atoms with E-state index in [1.807, 2.05) is 43.3 Å². The lowest BCUT2D eigenvalue weighted by Crippen LogP contribution is -2.46. The molecule has 1 amide bonds. The minimum Gasteiger partial charge on any atom is -0.367 e. The number of thiophene rings is 1. The van der Waals surface area contributed by atoms with Crippen molar-refractivity contribution in [1.29, 1.82) is 0 Å². The SMILES string of the molecule is CCN1CCN(c2ccccc2NC(=O)c2cc(-c3ccc(C)s3)nc3onc(C)c23)CC1. The molecule has 1 saturated heterocycles. The average molecular weight is 462 g/mol.